The van der Waals surface area contributed by atoms with Crippen LogP contribution >= 0.6 is 11.8 Å². The number of rotatable bonds is 5. The van der Waals surface area contributed by atoms with Gasteiger partial charge in [-0.15, -0.1) is 11.8 Å². The van der Waals surface area contributed by atoms with Crippen molar-refractivity contribution in [1.82, 2.24) is 14.7 Å². The Hall–Kier alpha value is -1.53. The number of benzene rings is 1. The molecule has 0 spiro atoms. The van der Waals surface area contributed by atoms with E-state index in [0.717, 1.165) is 44.7 Å². The van der Waals surface area contributed by atoms with E-state index in [0.29, 0.717) is 17.2 Å². The Bertz CT molecular complexity index is 684. The normalized spacial score (nSPS) is 23.5. The lowest BCUT2D eigenvalue weighted by atomic mass is 10.1. The summed E-state index contributed by atoms with van der Waals surface area (Å²) in [6, 6.07) is 7.35. The Morgan fingerprint density at radius 1 is 1.11 bits per heavy atom. The molecule has 2 atom stereocenters. The van der Waals surface area contributed by atoms with Crippen LogP contribution in [-0.4, -0.2) is 76.4 Å². The van der Waals surface area contributed by atoms with Crippen LogP contribution in [0.3, 0.4) is 0 Å². The first-order chi connectivity index (χ1) is 13.4. The minimum Gasteiger partial charge on any atom is -0.338 e. The average Bonchev–Trinajstić information content (AvgIpc) is 3.10. The summed E-state index contributed by atoms with van der Waals surface area (Å²) in [6.45, 7) is 12.9. The van der Waals surface area contributed by atoms with Crippen LogP contribution < -0.4 is 0 Å². The number of piperazine rings is 1. The monoisotopic (exact) mass is 403 g/mol. The van der Waals surface area contributed by atoms with Gasteiger partial charge in [-0.1, -0.05) is 38.5 Å². The number of hydrogen-bond acceptors (Lipinski definition) is 4. The van der Waals surface area contributed by atoms with Gasteiger partial charge in [0.2, 0.25) is 5.91 Å². The molecule has 2 amide bonds. The molecule has 3 rings (SSSR count). The van der Waals surface area contributed by atoms with Gasteiger partial charge in [-0.3, -0.25) is 9.59 Å². The lowest BCUT2D eigenvalue weighted by Gasteiger charge is -2.37. The van der Waals surface area contributed by atoms with Gasteiger partial charge in [0.15, 0.2) is 0 Å². The number of hydrogen-bond donors (Lipinski definition) is 0. The molecule has 5 nitrogen and oxygen atoms in total. The van der Waals surface area contributed by atoms with Crippen molar-refractivity contribution in [2.45, 2.75) is 45.5 Å². The molecule has 0 aromatic heterocycles. The molecule has 2 saturated heterocycles. The van der Waals surface area contributed by atoms with Gasteiger partial charge in [-0.2, -0.15) is 0 Å². The Labute approximate surface area is 173 Å². The first-order valence-corrected chi connectivity index (χ1v) is 11.5. The fraction of sp³-hybridized carbons (Fsp3) is 0.636. The third-order valence-corrected chi connectivity index (χ3v) is 7.03. The fourth-order valence-electron chi connectivity index (χ4n) is 3.95. The zero-order chi connectivity index (χ0) is 20.3. The Balaban J connectivity index is 1.79. The summed E-state index contributed by atoms with van der Waals surface area (Å²) in [4.78, 5) is 32.9. The van der Waals surface area contributed by atoms with Crippen LogP contribution in [0.4, 0.5) is 0 Å². The van der Waals surface area contributed by atoms with Crippen LogP contribution in [0, 0.1) is 12.8 Å². The molecule has 2 fully saturated rings. The molecule has 1 aromatic carbocycles. The van der Waals surface area contributed by atoms with Crippen molar-refractivity contribution < 1.29 is 9.59 Å². The Kier molecular flexibility index (Phi) is 7.05. The quantitative estimate of drug-likeness (QED) is 0.758. The summed E-state index contributed by atoms with van der Waals surface area (Å²) in [5.41, 5.74) is 1.81. The second-order valence-corrected chi connectivity index (χ2v) is 9.48. The SMILES string of the molecule is CCN1CCN(C(=O)C2CSC(CC(C)C)N2C(=O)c2ccc(C)cc2)CC1. The van der Waals surface area contributed by atoms with Crippen molar-refractivity contribution in [3.05, 3.63) is 35.4 Å². The molecule has 0 N–H and O–H groups in total. The number of thioether (sulfide) groups is 1. The summed E-state index contributed by atoms with van der Waals surface area (Å²) < 4.78 is 0. The Morgan fingerprint density at radius 3 is 2.32 bits per heavy atom. The van der Waals surface area contributed by atoms with Gasteiger partial charge in [0.1, 0.15) is 6.04 Å². The molecule has 2 aliphatic heterocycles. The van der Waals surface area contributed by atoms with Crippen molar-refractivity contribution in [2.75, 3.05) is 38.5 Å². The molecule has 0 saturated carbocycles. The van der Waals surface area contributed by atoms with Crippen LogP contribution in [-0.2, 0) is 4.79 Å². The number of amides is 2. The van der Waals surface area contributed by atoms with E-state index in [1.807, 2.05) is 41.0 Å². The van der Waals surface area contributed by atoms with E-state index >= 15 is 0 Å². The zero-order valence-electron chi connectivity index (χ0n) is 17.6. The van der Waals surface area contributed by atoms with Gasteiger partial charge in [0.25, 0.3) is 5.91 Å². The number of carbonyl (C=O) groups is 2. The molecular weight excluding hydrogens is 370 g/mol. The Morgan fingerprint density at radius 2 is 1.75 bits per heavy atom. The summed E-state index contributed by atoms with van der Waals surface area (Å²) >= 11 is 1.76. The molecule has 0 radical (unpaired) electrons. The number of nitrogens with zero attached hydrogens (tertiary/aromatic N) is 3. The lowest BCUT2D eigenvalue weighted by molar-refractivity contribution is -0.137. The maximum absolute atomic E-state index is 13.4. The van der Waals surface area contributed by atoms with Gasteiger partial charge in [0.05, 0.1) is 5.37 Å². The van der Waals surface area contributed by atoms with Crippen molar-refractivity contribution in [2.24, 2.45) is 5.92 Å². The number of carbonyl (C=O) groups excluding carboxylic acids is 2. The molecule has 0 aliphatic carbocycles. The van der Waals surface area contributed by atoms with E-state index < -0.39 is 0 Å². The molecule has 6 heteroatoms. The predicted molar refractivity (Wildman–Crippen MR) is 116 cm³/mol. The van der Waals surface area contributed by atoms with Crippen LogP contribution in [0.2, 0.25) is 0 Å². The second kappa shape index (κ2) is 9.31. The van der Waals surface area contributed by atoms with Crippen molar-refractivity contribution >= 4 is 23.6 Å². The van der Waals surface area contributed by atoms with E-state index in [1.165, 1.54) is 0 Å². The van der Waals surface area contributed by atoms with E-state index in [4.69, 9.17) is 0 Å². The predicted octanol–water partition coefficient (Wildman–Crippen LogP) is 3.09. The topological polar surface area (TPSA) is 43.9 Å². The molecule has 0 bridgehead atoms. The largest absolute Gasteiger partial charge is 0.338 e. The second-order valence-electron chi connectivity index (χ2n) is 8.27. The summed E-state index contributed by atoms with van der Waals surface area (Å²) in [5, 5.41) is 0.0692. The highest BCUT2D eigenvalue weighted by Crippen LogP contribution is 2.35. The molecule has 2 heterocycles. The maximum atomic E-state index is 13.4. The fourth-order valence-corrected chi connectivity index (χ4v) is 5.58. The lowest BCUT2D eigenvalue weighted by Crippen LogP contribution is -2.56. The minimum atomic E-state index is -0.351. The minimum absolute atomic E-state index is 0.0128. The van der Waals surface area contributed by atoms with E-state index in [-0.39, 0.29) is 23.2 Å². The van der Waals surface area contributed by atoms with Gasteiger partial charge >= 0.3 is 0 Å². The molecular formula is C22H33N3O2S. The number of aryl methyl sites for hydroxylation is 1. The first kappa shape index (κ1) is 21.2. The van der Waals surface area contributed by atoms with Gasteiger partial charge < -0.3 is 14.7 Å². The third-order valence-electron chi connectivity index (χ3n) is 5.71. The third kappa shape index (κ3) is 4.71. The zero-order valence-corrected chi connectivity index (χ0v) is 18.4. The van der Waals surface area contributed by atoms with Crippen LogP contribution in [0.1, 0.15) is 43.1 Å². The number of likely N-dealkylation sites (N-methyl/N-ethyl adjacent to an activating group) is 1. The molecule has 28 heavy (non-hydrogen) atoms. The van der Waals surface area contributed by atoms with Crippen LogP contribution in [0.25, 0.3) is 0 Å². The van der Waals surface area contributed by atoms with E-state index in [2.05, 4.69) is 25.7 Å². The standard InChI is InChI=1S/C22H33N3O2S/c1-5-23-10-12-24(13-11-23)22(27)19-15-28-20(14-16(2)3)25(19)21(26)18-8-6-17(4)7-9-18/h6-9,16,19-20H,5,10-15H2,1-4H3. The highest BCUT2D eigenvalue weighted by atomic mass is 32.2. The molecule has 1 aromatic rings. The summed E-state index contributed by atoms with van der Waals surface area (Å²) in [7, 11) is 0. The average molecular weight is 404 g/mol. The van der Waals surface area contributed by atoms with Crippen molar-refractivity contribution in [3.63, 3.8) is 0 Å². The van der Waals surface area contributed by atoms with Crippen LogP contribution in [0.15, 0.2) is 24.3 Å². The smallest absolute Gasteiger partial charge is 0.255 e. The summed E-state index contributed by atoms with van der Waals surface area (Å²) in [6.07, 6.45) is 0.912. The summed E-state index contributed by atoms with van der Waals surface area (Å²) in [5.74, 6) is 1.28. The van der Waals surface area contributed by atoms with Gasteiger partial charge in [-0.25, -0.2) is 0 Å². The highest BCUT2D eigenvalue weighted by molar-refractivity contribution is 8.00. The molecule has 2 unspecified atom stereocenters. The van der Waals surface area contributed by atoms with Gasteiger partial charge in [-0.05, 0) is 37.9 Å². The van der Waals surface area contributed by atoms with E-state index in [1.54, 1.807) is 11.8 Å². The maximum Gasteiger partial charge on any atom is 0.255 e. The van der Waals surface area contributed by atoms with Crippen molar-refractivity contribution in [3.8, 4) is 0 Å². The molecule has 154 valence electrons. The van der Waals surface area contributed by atoms with Crippen molar-refractivity contribution in [1.29, 1.82) is 0 Å². The van der Waals surface area contributed by atoms with Crippen LogP contribution in [0.5, 0.6) is 0 Å². The molecule has 2 aliphatic rings. The van der Waals surface area contributed by atoms with Gasteiger partial charge in [0, 0.05) is 37.5 Å². The highest BCUT2D eigenvalue weighted by Gasteiger charge is 2.43. The van der Waals surface area contributed by atoms with E-state index in [9.17, 15) is 9.59 Å². The first-order valence-electron chi connectivity index (χ1n) is 10.4.